The van der Waals surface area contributed by atoms with Crippen molar-refractivity contribution in [2.24, 2.45) is 0 Å². The number of methoxy groups -OCH3 is 1. The van der Waals surface area contributed by atoms with E-state index in [0.717, 1.165) is 28.1 Å². The van der Waals surface area contributed by atoms with Crippen LogP contribution in [0.25, 0.3) is 22.3 Å². The molecule has 0 saturated carbocycles. The van der Waals surface area contributed by atoms with Crippen LogP contribution < -0.4 is 20.5 Å². The van der Waals surface area contributed by atoms with E-state index in [-0.39, 0.29) is 17.9 Å². The van der Waals surface area contributed by atoms with Crippen molar-refractivity contribution in [3.8, 4) is 28.1 Å². The highest BCUT2D eigenvalue weighted by Gasteiger charge is 2.24. The average Bonchev–Trinajstić information content (AvgIpc) is 3.32. The molecule has 0 aliphatic carbocycles. The predicted molar refractivity (Wildman–Crippen MR) is 166 cm³/mol. The molecule has 0 saturated heterocycles. The van der Waals surface area contributed by atoms with Gasteiger partial charge in [0.2, 0.25) is 11.8 Å². The van der Waals surface area contributed by atoms with Gasteiger partial charge in [0.15, 0.2) is 0 Å². The van der Waals surface area contributed by atoms with Gasteiger partial charge in [-0.2, -0.15) is 9.36 Å². The summed E-state index contributed by atoms with van der Waals surface area (Å²) in [5.41, 5.74) is 4.07. The highest BCUT2D eigenvalue weighted by molar-refractivity contribution is 7.06. The maximum absolute atomic E-state index is 13.1. The van der Waals surface area contributed by atoms with Crippen molar-refractivity contribution in [1.82, 2.24) is 23.9 Å². The first-order valence-corrected chi connectivity index (χ1v) is 14.8. The summed E-state index contributed by atoms with van der Waals surface area (Å²) in [6.45, 7) is 11.9. The molecule has 0 amide bonds. The van der Waals surface area contributed by atoms with Gasteiger partial charge in [0.1, 0.15) is 23.8 Å². The third-order valence-corrected chi connectivity index (χ3v) is 7.92. The Morgan fingerprint density at radius 1 is 1.12 bits per heavy atom. The molecule has 0 aliphatic heterocycles. The topological polar surface area (TPSA) is 135 Å². The molecule has 0 spiro atoms. The summed E-state index contributed by atoms with van der Waals surface area (Å²) < 4.78 is 11.4. The van der Waals surface area contributed by atoms with E-state index in [9.17, 15) is 14.7 Å². The minimum atomic E-state index is -1.01. The lowest BCUT2D eigenvalue weighted by Crippen LogP contribution is -2.33. The quantitative estimate of drug-likeness (QED) is 0.223. The zero-order valence-electron chi connectivity index (χ0n) is 24.8. The number of carboxylic acid groups (broad SMARTS) is 1. The van der Waals surface area contributed by atoms with Crippen molar-refractivity contribution >= 4 is 29.3 Å². The van der Waals surface area contributed by atoms with E-state index in [0.29, 0.717) is 48.1 Å². The van der Waals surface area contributed by atoms with Crippen LogP contribution in [0.1, 0.15) is 43.3 Å². The fourth-order valence-electron chi connectivity index (χ4n) is 4.88. The van der Waals surface area contributed by atoms with Crippen LogP contribution in [0.3, 0.4) is 0 Å². The lowest BCUT2D eigenvalue weighted by Gasteiger charge is -2.22. The molecular formula is C30H37N7O4S. The number of nitrogens with zero attached hydrogens (tertiary/aromatic N) is 6. The molecule has 4 rings (SSSR count). The number of nitrogens with one attached hydrogen (secondary N) is 1. The smallest absolute Gasteiger partial charge is 0.326 e. The van der Waals surface area contributed by atoms with Crippen molar-refractivity contribution < 1.29 is 14.6 Å². The normalized spacial score (nSPS) is 11.8. The number of rotatable bonds is 13. The number of ether oxygens (including phenoxy) is 1. The number of aromatic nitrogens is 5. The van der Waals surface area contributed by atoms with Crippen molar-refractivity contribution in [2.75, 3.05) is 30.4 Å². The first-order chi connectivity index (χ1) is 20.2. The number of carbonyl (C=O) groups is 1. The molecule has 3 aromatic heterocycles. The second-order valence-corrected chi connectivity index (χ2v) is 10.8. The number of aliphatic carboxylic acids is 1. The number of benzene rings is 1. The highest BCUT2D eigenvalue weighted by Crippen LogP contribution is 2.35. The zero-order valence-corrected chi connectivity index (χ0v) is 25.7. The van der Waals surface area contributed by atoms with Crippen LogP contribution in [0.2, 0.25) is 0 Å². The summed E-state index contributed by atoms with van der Waals surface area (Å²) in [5.74, 6) is 0.205. The third kappa shape index (κ3) is 6.43. The fourth-order valence-corrected chi connectivity index (χ4v) is 5.59. The highest BCUT2D eigenvalue weighted by atomic mass is 32.1. The van der Waals surface area contributed by atoms with Crippen molar-refractivity contribution in [3.63, 3.8) is 0 Å². The van der Waals surface area contributed by atoms with E-state index in [1.165, 1.54) is 25.0 Å². The molecular weight excluding hydrogens is 554 g/mol. The first-order valence-electron chi connectivity index (χ1n) is 14.0. The standard InChI is InChI=1S/C30H37N7O4S/c1-7-14-37-17-32-27(41-6)25(28(37)38)21-12-10-20(11-13-21)15-23(29(39)40)33-26-22(24-18(4)35-42-19(24)5)16-31-30(34-26)36(8-2)9-3/h10-13,16-17,23H,7-9,14-15H2,1-6H3,(H,39,40)(H,31,33,34)/t23-/m0/s1. The molecule has 12 heteroatoms. The molecule has 222 valence electrons. The van der Waals surface area contributed by atoms with Gasteiger partial charge in [0.25, 0.3) is 5.56 Å². The number of hydrogen-bond acceptors (Lipinski definition) is 10. The largest absolute Gasteiger partial charge is 0.480 e. The number of carboxylic acids is 1. The molecule has 0 bridgehead atoms. The lowest BCUT2D eigenvalue weighted by atomic mass is 10.0. The molecule has 0 radical (unpaired) electrons. The van der Waals surface area contributed by atoms with Crippen molar-refractivity contribution in [3.05, 3.63) is 63.3 Å². The summed E-state index contributed by atoms with van der Waals surface area (Å²) in [4.78, 5) is 42.3. The fraction of sp³-hybridized carbons (Fsp3) is 0.400. The molecule has 1 atom stereocenters. The lowest BCUT2D eigenvalue weighted by molar-refractivity contribution is -0.137. The maximum Gasteiger partial charge on any atom is 0.326 e. The monoisotopic (exact) mass is 591 g/mol. The van der Waals surface area contributed by atoms with Crippen LogP contribution in [0.15, 0.2) is 41.6 Å². The van der Waals surface area contributed by atoms with Crippen LogP contribution in [-0.4, -0.2) is 61.2 Å². The Morgan fingerprint density at radius 2 is 1.83 bits per heavy atom. The average molecular weight is 592 g/mol. The van der Waals surface area contributed by atoms with Gasteiger partial charge in [-0.05, 0) is 56.8 Å². The molecule has 0 aliphatic rings. The summed E-state index contributed by atoms with van der Waals surface area (Å²) in [5, 5.41) is 13.4. The van der Waals surface area contributed by atoms with Crippen LogP contribution in [0.5, 0.6) is 5.88 Å². The summed E-state index contributed by atoms with van der Waals surface area (Å²) in [6, 6.07) is 6.26. The van der Waals surface area contributed by atoms with Crippen LogP contribution in [-0.2, 0) is 17.8 Å². The van der Waals surface area contributed by atoms with Gasteiger partial charge >= 0.3 is 5.97 Å². The number of aryl methyl sites for hydroxylation is 3. The molecule has 3 heterocycles. The van der Waals surface area contributed by atoms with E-state index in [1.807, 2.05) is 51.7 Å². The third-order valence-electron chi connectivity index (χ3n) is 7.08. The molecule has 0 unspecified atom stereocenters. The van der Waals surface area contributed by atoms with E-state index < -0.39 is 12.0 Å². The first kappa shape index (κ1) is 30.6. The summed E-state index contributed by atoms with van der Waals surface area (Å²) >= 11 is 1.39. The Labute approximate surface area is 249 Å². The van der Waals surface area contributed by atoms with Gasteiger partial charge in [-0.1, -0.05) is 31.2 Å². The van der Waals surface area contributed by atoms with Gasteiger partial charge in [-0.25, -0.2) is 14.8 Å². The minimum absolute atomic E-state index is 0.184. The predicted octanol–water partition coefficient (Wildman–Crippen LogP) is 4.81. The van der Waals surface area contributed by atoms with Crippen LogP contribution >= 0.6 is 11.5 Å². The van der Waals surface area contributed by atoms with E-state index in [2.05, 4.69) is 19.7 Å². The Kier molecular flexibility index (Phi) is 9.89. The molecule has 1 aromatic carbocycles. The summed E-state index contributed by atoms with van der Waals surface area (Å²) in [7, 11) is 1.48. The SMILES string of the molecule is CCCn1cnc(OC)c(-c2ccc(C[C@H](Nc3nc(N(CC)CC)ncc3-c3c(C)nsc3C)C(=O)O)cc2)c1=O. The van der Waals surface area contributed by atoms with E-state index in [4.69, 9.17) is 9.72 Å². The van der Waals surface area contributed by atoms with E-state index >= 15 is 0 Å². The molecule has 42 heavy (non-hydrogen) atoms. The van der Waals surface area contributed by atoms with Gasteiger partial charge < -0.3 is 20.1 Å². The molecule has 11 nitrogen and oxygen atoms in total. The van der Waals surface area contributed by atoms with Crippen LogP contribution in [0, 0.1) is 13.8 Å². The van der Waals surface area contributed by atoms with Crippen LogP contribution in [0.4, 0.5) is 11.8 Å². The second kappa shape index (κ2) is 13.6. The van der Waals surface area contributed by atoms with Gasteiger partial charge in [-0.3, -0.25) is 9.36 Å². The Balaban J connectivity index is 1.67. The summed E-state index contributed by atoms with van der Waals surface area (Å²) in [6.07, 6.45) is 4.22. The molecule has 4 aromatic rings. The van der Waals surface area contributed by atoms with Gasteiger partial charge in [0, 0.05) is 48.3 Å². The van der Waals surface area contributed by atoms with Crippen molar-refractivity contribution in [1.29, 1.82) is 0 Å². The van der Waals surface area contributed by atoms with Crippen molar-refractivity contribution in [2.45, 2.75) is 60.0 Å². The Morgan fingerprint density at radius 3 is 2.40 bits per heavy atom. The van der Waals surface area contributed by atoms with E-state index in [1.54, 1.807) is 22.9 Å². The molecule has 2 N–H and O–H groups in total. The number of anilines is 2. The van der Waals surface area contributed by atoms with Gasteiger partial charge in [-0.15, -0.1) is 0 Å². The minimum Gasteiger partial charge on any atom is -0.480 e. The maximum atomic E-state index is 13.1. The van der Waals surface area contributed by atoms with Gasteiger partial charge in [0.05, 0.1) is 12.8 Å². The molecule has 0 fully saturated rings. The Bertz CT molecular complexity index is 1580. The second-order valence-electron chi connectivity index (χ2n) is 9.87. The Hall–Kier alpha value is -4.32. The zero-order chi connectivity index (χ0) is 30.4. The number of hydrogen-bond donors (Lipinski definition) is 2.